The van der Waals surface area contributed by atoms with Gasteiger partial charge < -0.3 is 14.5 Å². The minimum atomic E-state index is -0.527. The predicted molar refractivity (Wildman–Crippen MR) is 67.5 cm³/mol. The Kier molecular flexibility index (Phi) is 3.82. The summed E-state index contributed by atoms with van der Waals surface area (Å²) in [4.78, 5) is 19.4. The fourth-order valence-electron chi connectivity index (χ4n) is 2.15. The monoisotopic (exact) mass is 252 g/mol. The Bertz CT molecular complexity index is 484. The maximum absolute atomic E-state index is 12.0. The molecule has 1 aromatic rings. The molecule has 1 unspecified atom stereocenters. The van der Waals surface area contributed by atoms with Gasteiger partial charge in [-0.25, -0.2) is 4.98 Å². The Labute approximate surface area is 107 Å². The number of hydrogen-bond acceptors (Lipinski definition) is 4. The van der Waals surface area contributed by atoms with Crippen LogP contribution in [0.15, 0.2) is 4.79 Å². The smallest absolute Gasteiger partial charge is 0.256 e. The highest BCUT2D eigenvalue weighted by molar-refractivity contribution is 5.20. The van der Waals surface area contributed by atoms with Crippen LogP contribution in [0.25, 0.3) is 0 Å². The number of aromatic amines is 1. The van der Waals surface area contributed by atoms with Gasteiger partial charge in [0.15, 0.2) is 0 Å². The topological polar surface area (TPSA) is 64.2 Å². The van der Waals surface area contributed by atoms with Crippen molar-refractivity contribution >= 4 is 0 Å². The number of hydrogen-bond donors (Lipinski definition) is 1. The quantitative estimate of drug-likeness (QED) is 0.882. The highest BCUT2D eigenvalue weighted by Crippen LogP contribution is 2.26. The molecule has 0 radical (unpaired) electrons. The van der Waals surface area contributed by atoms with Gasteiger partial charge in [-0.2, -0.15) is 0 Å². The lowest BCUT2D eigenvalue weighted by Crippen LogP contribution is -2.34. The van der Waals surface area contributed by atoms with Crippen LogP contribution in [0.2, 0.25) is 0 Å². The van der Waals surface area contributed by atoms with Crippen LogP contribution < -0.4 is 5.56 Å². The molecular formula is C13H20N2O3. The number of fused-ring (bicyclic) bond motifs is 1. The van der Waals surface area contributed by atoms with Gasteiger partial charge in [0.1, 0.15) is 11.4 Å². The predicted octanol–water partition coefficient (Wildman–Crippen LogP) is 1.50. The number of ether oxygens (including phenoxy) is 2. The molecule has 2 rings (SSSR count). The summed E-state index contributed by atoms with van der Waals surface area (Å²) >= 11 is 0. The van der Waals surface area contributed by atoms with Crippen LogP contribution in [0.5, 0.6) is 0 Å². The molecule has 0 aromatic carbocycles. The first-order chi connectivity index (χ1) is 8.60. The average molecular weight is 252 g/mol. The summed E-state index contributed by atoms with van der Waals surface area (Å²) in [5, 5.41) is 0. The minimum Gasteiger partial charge on any atom is -0.376 e. The summed E-state index contributed by atoms with van der Waals surface area (Å²) in [6.45, 7) is 7.50. The maximum Gasteiger partial charge on any atom is 0.256 e. The number of nitrogens with zero attached hydrogens (tertiary/aromatic N) is 1. The van der Waals surface area contributed by atoms with E-state index in [1.165, 1.54) is 0 Å². The summed E-state index contributed by atoms with van der Waals surface area (Å²) in [6, 6.07) is 0. The average Bonchev–Trinajstić information content (AvgIpc) is 2.39. The fraction of sp³-hybridized carbons (Fsp3) is 0.692. The van der Waals surface area contributed by atoms with E-state index in [0.29, 0.717) is 37.6 Å². The van der Waals surface area contributed by atoms with Gasteiger partial charge in [0.25, 0.3) is 5.56 Å². The lowest BCUT2D eigenvalue weighted by Gasteiger charge is -2.28. The Morgan fingerprint density at radius 3 is 2.94 bits per heavy atom. The van der Waals surface area contributed by atoms with E-state index in [1.54, 1.807) is 0 Å². The van der Waals surface area contributed by atoms with Crippen molar-refractivity contribution in [3.8, 4) is 0 Å². The second-order valence-corrected chi connectivity index (χ2v) is 4.66. The number of H-pyrrole nitrogens is 1. The largest absolute Gasteiger partial charge is 0.376 e. The molecule has 1 aliphatic rings. The van der Waals surface area contributed by atoms with Gasteiger partial charge in [0, 0.05) is 13.0 Å². The molecule has 0 amide bonds. The van der Waals surface area contributed by atoms with E-state index in [9.17, 15) is 4.79 Å². The van der Waals surface area contributed by atoms with Crippen LogP contribution in [-0.2, 0) is 28.1 Å². The van der Waals surface area contributed by atoms with Crippen molar-refractivity contribution in [1.82, 2.24) is 9.97 Å². The zero-order valence-corrected chi connectivity index (χ0v) is 11.2. The van der Waals surface area contributed by atoms with Crippen molar-refractivity contribution in [2.75, 3.05) is 13.2 Å². The van der Waals surface area contributed by atoms with Gasteiger partial charge >= 0.3 is 0 Å². The molecule has 100 valence electrons. The first kappa shape index (κ1) is 13.2. The van der Waals surface area contributed by atoms with Gasteiger partial charge in [-0.05, 0) is 20.3 Å². The summed E-state index contributed by atoms with van der Waals surface area (Å²) < 4.78 is 11.0. The molecule has 5 nitrogen and oxygen atoms in total. The molecule has 0 aliphatic carbocycles. The minimum absolute atomic E-state index is 0.103. The highest BCUT2D eigenvalue weighted by atomic mass is 16.5. The van der Waals surface area contributed by atoms with Crippen LogP contribution in [0.4, 0.5) is 0 Å². The molecule has 0 saturated carbocycles. The maximum atomic E-state index is 12.0. The van der Waals surface area contributed by atoms with E-state index in [1.807, 2.05) is 20.8 Å². The van der Waals surface area contributed by atoms with E-state index in [4.69, 9.17) is 9.47 Å². The van der Waals surface area contributed by atoms with Crippen molar-refractivity contribution in [3.63, 3.8) is 0 Å². The zero-order chi connectivity index (χ0) is 13.2. The van der Waals surface area contributed by atoms with Gasteiger partial charge in [0.05, 0.1) is 24.5 Å². The molecule has 0 fully saturated rings. The zero-order valence-electron chi connectivity index (χ0n) is 11.2. The fourth-order valence-corrected chi connectivity index (χ4v) is 2.15. The second-order valence-electron chi connectivity index (χ2n) is 4.66. The van der Waals surface area contributed by atoms with E-state index in [0.717, 1.165) is 12.1 Å². The second kappa shape index (κ2) is 5.20. The van der Waals surface area contributed by atoms with Crippen LogP contribution >= 0.6 is 0 Å². The summed E-state index contributed by atoms with van der Waals surface area (Å²) in [7, 11) is 0. The molecule has 2 heterocycles. The molecule has 1 atom stereocenters. The third-order valence-electron chi connectivity index (χ3n) is 3.47. The summed E-state index contributed by atoms with van der Waals surface area (Å²) in [5.41, 5.74) is 0.870. The van der Waals surface area contributed by atoms with E-state index < -0.39 is 5.60 Å². The molecule has 18 heavy (non-hydrogen) atoms. The van der Waals surface area contributed by atoms with Crippen LogP contribution in [0, 0.1) is 0 Å². The van der Waals surface area contributed by atoms with Crippen LogP contribution in [0.1, 0.15) is 44.3 Å². The SMILES string of the molecule is CCOC(C)(CC)c1nc2c(c(=O)[nH]1)COCC2. The molecular weight excluding hydrogens is 232 g/mol. The van der Waals surface area contributed by atoms with Crippen molar-refractivity contribution < 1.29 is 9.47 Å². The molecule has 5 heteroatoms. The summed E-state index contributed by atoms with van der Waals surface area (Å²) in [5.74, 6) is 0.623. The molecule has 0 bridgehead atoms. The molecule has 0 spiro atoms. The number of rotatable bonds is 4. The van der Waals surface area contributed by atoms with Gasteiger partial charge in [-0.3, -0.25) is 4.79 Å². The Balaban J connectivity index is 2.46. The molecule has 1 N–H and O–H groups in total. The third kappa shape index (κ3) is 2.33. The summed E-state index contributed by atoms with van der Waals surface area (Å²) in [6.07, 6.45) is 1.46. The van der Waals surface area contributed by atoms with Crippen molar-refractivity contribution in [2.45, 2.75) is 45.8 Å². The molecule has 1 aromatic heterocycles. The number of aromatic nitrogens is 2. The van der Waals surface area contributed by atoms with Crippen LogP contribution in [-0.4, -0.2) is 23.2 Å². The first-order valence-electron chi connectivity index (χ1n) is 6.45. The lowest BCUT2D eigenvalue weighted by atomic mass is 10.0. The standard InChI is InChI=1S/C13H20N2O3/c1-4-13(3,18-5-2)12-14-10-6-7-17-8-9(10)11(16)15-12/h4-8H2,1-3H3,(H,14,15,16). The van der Waals surface area contributed by atoms with Crippen molar-refractivity contribution in [2.24, 2.45) is 0 Å². The molecule has 0 saturated heterocycles. The number of nitrogens with one attached hydrogen (secondary N) is 1. The van der Waals surface area contributed by atoms with Gasteiger partial charge in [-0.1, -0.05) is 6.92 Å². The van der Waals surface area contributed by atoms with Crippen molar-refractivity contribution in [1.29, 1.82) is 0 Å². The van der Waals surface area contributed by atoms with E-state index in [2.05, 4.69) is 9.97 Å². The van der Waals surface area contributed by atoms with Crippen LogP contribution in [0.3, 0.4) is 0 Å². The Morgan fingerprint density at radius 1 is 1.50 bits per heavy atom. The lowest BCUT2D eigenvalue weighted by molar-refractivity contribution is -0.0396. The molecule has 1 aliphatic heterocycles. The van der Waals surface area contributed by atoms with Gasteiger partial charge in [-0.15, -0.1) is 0 Å². The normalized spacial score (nSPS) is 18.2. The van der Waals surface area contributed by atoms with Gasteiger partial charge in [0.2, 0.25) is 0 Å². The van der Waals surface area contributed by atoms with E-state index in [-0.39, 0.29) is 5.56 Å². The third-order valence-corrected chi connectivity index (χ3v) is 3.47. The van der Waals surface area contributed by atoms with E-state index >= 15 is 0 Å². The highest BCUT2D eigenvalue weighted by Gasteiger charge is 2.29. The first-order valence-corrected chi connectivity index (χ1v) is 6.45. The Morgan fingerprint density at radius 2 is 2.28 bits per heavy atom. The Hall–Kier alpha value is -1.20. The van der Waals surface area contributed by atoms with Crippen molar-refractivity contribution in [3.05, 3.63) is 27.4 Å².